The molecule has 0 N–H and O–H groups in total. The lowest BCUT2D eigenvalue weighted by atomic mass is 10.3. The summed E-state index contributed by atoms with van der Waals surface area (Å²) in [6.07, 6.45) is 1.63. The Morgan fingerprint density at radius 2 is 2.22 bits per heavy atom. The summed E-state index contributed by atoms with van der Waals surface area (Å²) < 4.78 is 14.6. The zero-order valence-electron chi connectivity index (χ0n) is 10.6. The second kappa shape index (κ2) is 7.10. The largest absolute Gasteiger partial charge is 0.490 e. The van der Waals surface area contributed by atoms with Gasteiger partial charge < -0.3 is 13.9 Å². The summed E-state index contributed by atoms with van der Waals surface area (Å²) in [4.78, 5) is 22.5. The number of hydrogen-bond donors (Lipinski definition) is 0. The fourth-order valence-electron chi connectivity index (χ4n) is 1.26. The Labute approximate surface area is 109 Å². The molecular formula is C12H16O5S. The molecule has 0 amide bonds. The standard InChI is InChI=1S/C12H16O5S/c1-8(4-12(14)16-3)18-7-9-5-10(13)11(15-2)6-17-9/h5-6,8H,4,7H2,1-3H3/t8-/m0/s1. The van der Waals surface area contributed by atoms with Crippen LogP contribution in [-0.4, -0.2) is 25.4 Å². The Morgan fingerprint density at radius 1 is 1.50 bits per heavy atom. The van der Waals surface area contributed by atoms with E-state index in [1.165, 1.54) is 38.3 Å². The number of hydrogen-bond acceptors (Lipinski definition) is 6. The van der Waals surface area contributed by atoms with Crippen molar-refractivity contribution in [2.75, 3.05) is 14.2 Å². The molecule has 0 saturated carbocycles. The van der Waals surface area contributed by atoms with E-state index in [0.29, 0.717) is 17.9 Å². The predicted octanol–water partition coefficient (Wildman–Crippen LogP) is 1.83. The van der Waals surface area contributed by atoms with Crippen LogP contribution in [0.15, 0.2) is 21.5 Å². The van der Waals surface area contributed by atoms with Crippen LogP contribution < -0.4 is 10.2 Å². The first-order valence-electron chi connectivity index (χ1n) is 5.41. The molecule has 0 aliphatic heterocycles. The van der Waals surface area contributed by atoms with Crippen molar-refractivity contribution >= 4 is 17.7 Å². The molecule has 1 atom stereocenters. The average Bonchev–Trinajstić information content (AvgIpc) is 2.36. The van der Waals surface area contributed by atoms with Gasteiger partial charge in [0.15, 0.2) is 0 Å². The molecule has 0 aromatic carbocycles. The highest BCUT2D eigenvalue weighted by Gasteiger charge is 2.11. The molecule has 0 radical (unpaired) electrons. The Balaban J connectivity index is 2.51. The normalized spacial score (nSPS) is 11.9. The molecule has 0 aliphatic carbocycles. The lowest BCUT2D eigenvalue weighted by molar-refractivity contribution is -0.140. The van der Waals surface area contributed by atoms with Crippen molar-refractivity contribution in [1.82, 2.24) is 0 Å². The minimum absolute atomic E-state index is 0.102. The second-order valence-corrected chi connectivity index (χ2v) is 5.11. The zero-order chi connectivity index (χ0) is 13.5. The molecule has 0 spiro atoms. The Bertz CT molecular complexity index is 454. The molecular weight excluding hydrogens is 256 g/mol. The minimum atomic E-state index is -0.244. The number of esters is 1. The number of methoxy groups -OCH3 is 2. The lowest BCUT2D eigenvalue weighted by Gasteiger charge is -2.09. The van der Waals surface area contributed by atoms with Gasteiger partial charge in [0.05, 0.1) is 26.4 Å². The van der Waals surface area contributed by atoms with Crippen LogP contribution in [0.4, 0.5) is 0 Å². The Kier molecular flexibility index (Phi) is 5.77. The van der Waals surface area contributed by atoms with Gasteiger partial charge in [0.25, 0.3) is 0 Å². The monoisotopic (exact) mass is 272 g/mol. The fourth-order valence-corrected chi connectivity index (χ4v) is 2.12. The summed E-state index contributed by atoms with van der Waals surface area (Å²) in [7, 11) is 2.78. The van der Waals surface area contributed by atoms with E-state index >= 15 is 0 Å². The fraction of sp³-hybridized carbons (Fsp3) is 0.500. The van der Waals surface area contributed by atoms with Crippen LogP contribution in [-0.2, 0) is 15.3 Å². The first-order chi connectivity index (χ1) is 8.56. The van der Waals surface area contributed by atoms with Gasteiger partial charge in [-0.3, -0.25) is 9.59 Å². The van der Waals surface area contributed by atoms with E-state index < -0.39 is 0 Å². The topological polar surface area (TPSA) is 65.7 Å². The molecule has 0 fully saturated rings. The van der Waals surface area contributed by atoms with Crippen LogP contribution in [0.5, 0.6) is 5.75 Å². The summed E-state index contributed by atoms with van der Waals surface area (Å²) in [5.41, 5.74) is -0.208. The molecule has 1 rings (SSSR count). The van der Waals surface area contributed by atoms with Crippen LogP contribution in [0.2, 0.25) is 0 Å². The van der Waals surface area contributed by atoms with E-state index in [-0.39, 0.29) is 22.4 Å². The van der Waals surface area contributed by atoms with Crippen molar-refractivity contribution in [3.05, 3.63) is 28.3 Å². The van der Waals surface area contributed by atoms with Gasteiger partial charge in [-0.1, -0.05) is 6.92 Å². The zero-order valence-corrected chi connectivity index (χ0v) is 11.4. The third-order valence-electron chi connectivity index (χ3n) is 2.26. The van der Waals surface area contributed by atoms with Gasteiger partial charge in [-0.15, -0.1) is 0 Å². The summed E-state index contributed by atoms with van der Waals surface area (Å²) in [5, 5.41) is 0.102. The SMILES string of the molecule is COC(=O)C[C@H](C)SCc1cc(=O)c(OC)co1. The highest BCUT2D eigenvalue weighted by molar-refractivity contribution is 7.99. The van der Waals surface area contributed by atoms with Crippen LogP contribution in [0.25, 0.3) is 0 Å². The second-order valence-electron chi connectivity index (χ2n) is 3.68. The number of rotatable bonds is 6. The smallest absolute Gasteiger partial charge is 0.306 e. The Morgan fingerprint density at radius 3 is 2.78 bits per heavy atom. The van der Waals surface area contributed by atoms with Crippen molar-refractivity contribution in [3.8, 4) is 5.75 Å². The highest BCUT2D eigenvalue weighted by Crippen LogP contribution is 2.20. The van der Waals surface area contributed by atoms with Gasteiger partial charge in [-0.25, -0.2) is 0 Å². The van der Waals surface area contributed by atoms with E-state index in [4.69, 9.17) is 9.15 Å². The van der Waals surface area contributed by atoms with Crippen LogP contribution in [0.1, 0.15) is 19.1 Å². The molecule has 5 nitrogen and oxygen atoms in total. The van der Waals surface area contributed by atoms with E-state index in [0.717, 1.165) is 0 Å². The number of carbonyl (C=O) groups is 1. The quantitative estimate of drug-likeness (QED) is 0.736. The average molecular weight is 272 g/mol. The van der Waals surface area contributed by atoms with Gasteiger partial charge in [0.2, 0.25) is 11.2 Å². The number of ether oxygens (including phenoxy) is 2. The van der Waals surface area contributed by atoms with Gasteiger partial charge in [-0.2, -0.15) is 11.8 Å². The van der Waals surface area contributed by atoms with Gasteiger partial charge >= 0.3 is 5.97 Å². The first kappa shape index (κ1) is 14.6. The van der Waals surface area contributed by atoms with Crippen molar-refractivity contribution in [2.45, 2.75) is 24.3 Å². The van der Waals surface area contributed by atoms with Crippen molar-refractivity contribution in [3.63, 3.8) is 0 Å². The lowest BCUT2D eigenvalue weighted by Crippen LogP contribution is -2.09. The van der Waals surface area contributed by atoms with E-state index in [1.807, 2.05) is 6.92 Å². The van der Waals surface area contributed by atoms with Crippen molar-refractivity contribution in [2.24, 2.45) is 0 Å². The summed E-state index contributed by atoms with van der Waals surface area (Å²) in [5.74, 6) is 1.03. The summed E-state index contributed by atoms with van der Waals surface area (Å²) in [6.45, 7) is 1.92. The molecule has 18 heavy (non-hydrogen) atoms. The summed E-state index contributed by atoms with van der Waals surface area (Å²) >= 11 is 1.52. The van der Waals surface area contributed by atoms with Crippen molar-refractivity contribution in [1.29, 1.82) is 0 Å². The summed E-state index contributed by atoms with van der Waals surface area (Å²) in [6, 6.07) is 1.40. The number of thioether (sulfide) groups is 1. The molecule has 6 heteroatoms. The highest BCUT2D eigenvalue weighted by atomic mass is 32.2. The Hall–Kier alpha value is -1.43. The molecule has 1 heterocycles. The molecule has 0 bridgehead atoms. The van der Waals surface area contributed by atoms with Crippen LogP contribution in [0, 0.1) is 0 Å². The van der Waals surface area contributed by atoms with Crippen molar-refractivity contribution < 1.29 is 18.7 Å². The maximum absolute atomic E-state index is 11.5. The number of carbonyl (C=O) groups excluding carboxylic acids is 1. The predicted molar refractivity (Wildman–Crippen MR) is 68.9 cm³/mol. The molecule has 0 aliphatic rings. The minimum Gasteiger partial charge on any atom is -0.490 e. The van der Waals surface area contributed by atoms with E-state index in [1.54, 1.807) is 0 Å². The van der Waals surface area contributed by atoms with Crippen LogP contribution >= 0.6 is 11.8 Å². The third kappa shape index (κ3) is 4.44. The van der Waals surface area contributed by atoms with Gasteiger partial charge in [-0.05, 0) is 0 Å². The first-order valence-corrected chi connectivity index (χ1v) is 6.45. The molecule has 1 aromatic rings. The van der Waals surface area contributed by atoms with Gasteiger partial charge in [0, 0.05) is 11.3 Å². The molecule has 100 valence electrons. The van der Waals surface area contributed by atoms with E-state index in [2.05, 4.69) is 4.74 Å². The molecule has 0 unspecified atom stereocenters. The molecule has 0 saturated heterocycles. The van der Waals surface area contributed by atoms with E-state index in [9.17, 15) is 9.59 Å². The van der Waals surface area contributed by atoms with Gasteiger partial charge in [0.1, 0.15) is 12.0 Å². The van der Waals surface area contributed by atoms with Crippen LogP contribution in [0.3, 0.4) is 0 Å². The maximum atomic E-state index is 11.5. The molecule has 1 aromatic heterocycles. The third-order valence-corrected chi connectivity index (χ3v) is 3.45. The maximum Gasteiger partial charge on any atom is 0.306 e.